The molecule has 0 fully saturated rings. The standard InChI is InChI=1S/C21H21N5O2S/c1-3-26-20(17-12-22-18-7-5-4-6-16(17)18)24-25-21(26)29-13-19(27)23-14-8-10-15(28-2)11-9-14/h4-12,22H,3,13H2,1-2H3,(H,23,27). The minimum atomic E-state index is -0.0977. The molecule has 29 heavy (non-hydrogen) atoms. The summed E-state index contributed by atoms with van der Waals surface area (Å²) in [6.07, 6.45) is 1.95. The van der Waals surface area contributed by atoms with Crippen molar-refractivity contribution in [1.82, 2.24) is 19.7 Å². The first-order chi connectivity index (χ1) is 14.2. The molecule has 2 aromatic carbocycles. The lowest BCUT2D eigenvalue weighted by molar-refractivity contribution is -0.113. The lowest BCUT2D eigenvalue weighted by Crippen LogP contribution is -2.14. The minimum absolute atomic E-state index is 0.0977. The van der Waals surface area contributed by atoms with Gasteiger partial charge in [0.1, 0.15) is 5.75 Å². The zero-order valence-electron chi connectivity index (χ0n) is 16.2. The Bertz CT molecular complexity index is 1130. The number of thioether (sulfide) groups is 1. The van der Waals surface area contributed by atoms with Gasteiger partial charge < -0.3 is 19.6 Å². The Labute approximate surface area is 172 Å². The lowest BCUT2D eigenvalue weighted by atomic mass is 10.1. The molecule has 0 aliphatic heterocycles. The average Bonchev–Trinajstić information content (AvgIpc) is 3.36. The van der Waals surface area contributed by atoms with Crippen molar-refractivity contribution in [3.8, 4) is 17.1 Å². The molecule has 0 saturated heterocycles. The summed E-state index contributed by atoms with van der Waals surface area (Å²) in [6.45, 7) is 2.76. The van der Waals surface area contributed by atoms with Crippen LogP contribution >= 0.6 is 11.8 Å². The normalized spacial score (nSPS) is 11.0. The van der Waals surface area contributed by atoms with Gasteiger partial charge in [-0.2, -0.15) is 0 Å². The summed E-state index contributed by atoms with van der Waals surface area (Å²) in [6, 6.07) is 15.3. The molecule has 0 saturated carbocycles. The molecule has 2 aromatic heterocycles. The van der Waals surface area contributed by atoms with Crippen LogP contribution in [0.1, 0.15) is 6.92 Å². The van der Waals surface area contributed by atoms with Gasteiger partial charge in [0, 0.05) is 34.9 Å². The van der Waals surface area contributed by atoms with Gasteiger partial charge in [-0.05, 0) is 37.3 Å². The number of nitrogens with zero attached hydrogens (tertiary/aromatic N) is 3. The number of para-hydroxylation sites is 1. The topological polar surface area (TPSA) is 84.8 Å². The highest BCUT2D eigenvalue weighted by Gasteiger charge is 2.17. The number of ether oxygens (including phenoxy) is 1. The summed E-state index contributed by atoms with van der Waals surface area (Å²) < 4.78 is 7.16. The second-order valence-electron chi connectivity index (χ2n) is 6.36. The number of nitrogens with one attached hydrogen (secondary N) is 2. The molecule has 0 aliphatic carbocycles. The third kappa shape index (κ3) is 3.97. The van der Waals surface area contributed by atoms with E-state index in [9.17, 15) is 4.79 Å². The van der Waals surface area contributed by atoms with Crippen LogP contribution in [-0.2, 0) is 11.3 Å². The van der Waals surface area contributed by atoms with Gasteiger partial charge in [-0.15, -0.1) is 10.2 Å². The molecule has 0 atom stereocenters. The monoisotopic (exact) mass is 407 g/mol. The number of rotatable bonds is 7. The zero-order chi connectivity index (χ0) is 20.2. The first kappa shape index (κ1) is 19.1. The molecule has 8 heteroatoms. The molecule has 148 valence electrons. The van der Waals surface area contributed by atoms with Crippen molar-refractivity contribution >= 4 is 34.3 Å². The highest BCUT2D eigenvalue weighted by atomic mass is 32.2. The summed E-state index contributed by atoms with van der Waals surface area (Å²) >= 11 is 1.37. The summed E-state index contributed by atoms with van der Waals surface area (Å²) in [4.78, 5) is 15.6. The average molecular weight is 407 g/mol. The smallest absolute Gasteiger partial charge is 0.234 e. The summed E-state index contributed by atoms with van der Waals surface area (Å²) in [5.41, 5.74) is 2.79. The van der Waals surface area contributed by atoms with Crippen molar-refractivity contribution in [2.45, 2.75) is 18.6 Å². The third-order valence-electron chi connectivity index (χ3n) is 4.57. The van der Waals surface area contributed by atoms with Gasteiger partial charge in [0.2, 0.25) is 5.91 Å². The molecule has 0 spiro atoms. The second kappa shape index (κ2) is 8.40. The number of hydrogen-bond donors (Lipinski definition) is 2. The molecule has 2 heterocycles. The van der Waals surface area contributed by atoms with Crippen LogP contribution in [-0.4, -0.2) is 38.5 Å². The molecule has 0 bridgehead atoms. The lowest BCUT2D eigenvalue weighted by Gasteiger charge is -2.08. The van der Waals surface area contributed by atoms with Crippen molar-refractivity contribution in [1.29, 1.82) is 0 Å². The number of hydrogen-bond acceptors (Lipinski definition) is 5. The fourth-order valence-corrected chi connectivity index (χ4v) is 3.94. The van der Waals surface area contributed by atoms with E-state index < -0.39 is 0 Å². The highest BCUT2D eigenvalue weighted by molar-refractivity contribution is 7.99. The first-order valence-corrected chi connectivity index (χ1v) is 10.2. The van der Waals surface area contributed by atoms with Crippen LogP contribution in [0.2, 0.25) is 0 Å². The molecule has 2 N–H and O–H groups in total. The summed E-state index contributed by atoms with van der Waals surface area (Å²) in [5.74, 6) is 1.69. The van der Waals surface area contributed by atoms with Gasteiger partial charge in [0.25, 0.3) is 0 Å². The van der Waals surface area contributed by atoms with Crippen molar-refractivity contribution in [2.75, 3.05) is 18.2 Å². The molecule has 4 rings (SSSR count). The molecular weight excluding hydrogens is 386 g/mol. The van der Waals surface area contributed by atoms with E-state index in [1.807, 2.05) is 60.2 Å². The van der Waals surface area contributed by atoms with Gasteiger partial charge in [0.05, 0.1) is 12.9 Å². The molecule has 7 nitrogen and oxygen atoms in total. The van der Waals surface area contributed by atoms with Gasteiger partial charge in [0.15, 0.2) is 11.0 Å². The Morgan fingerprint density at radius 2 is 1.97 bits per heavy atom. The van der Waals surface area contributed by atoms with Gasteiger partial charge >= 0.3 is 0 Å². The van der Waals surface area contributed by atoms with Gasteiger partial charge in [-0.1, -0.05) is 30.0 Å². The Hall–Kier alpha value is -3.26. The number of carbonyl (C=O) groups excluding carboxylic acids is 1. The van der Waals surface area contributed by atoms with Gasteiger partial charge in [-0.3, -0.25) is 4.79 Å². The van der Waals surface area contributed by atoms with Crippen LogP contribution in [0.15, 0.2) is 59.9 Å². The molecule has 0 radical (unpaired) electrons. The third-order valence-corrected chi connectivity index (χ3v) is 5.54. The maximum atomic E-state index is 12.3. The Morgan fingerprint density at radius 3 is 2.72 bits per heavy atom. The molecule has 0 aliphatic rings. The van der Waals surface area contributed by atoms with Crippen molar-refractivity contribution in [3.63, 3.8) is 0 Å². The van der Waals surface area contributed by atoms with E-state index in [1.54, 1.807) is 7.11 Å². The molecular formula is C21H21N5O2S. The number of fused-ring (bicyclic) bond motifs is 1. The number of benzene rings is 2. The fourth-order valence-electron chi connectivity index (χ4n) is 3.14. The van der Waals surface area contributed by atoms with Crippen LogP contribution in [0.4, 0.5) is 5.69 Å². The number of H-pyrrole nitrogens is 1. The van der Waals surface area contributed by atoms with Gasteiger partial charge in [-0.25, -0.2) is 0 Å². The number of aromatic amines is 1. The second-order valence-corrected chi connectivity index (χ2v) is 7.31. The van der Waals surface area contributed by atoms with Crippen molar-refractivity contribution in [3.05, 3.63) is 54.7 Å². The van der Waals surface area contributed by atoms with E-state index in [-0.39, 0.29) is 11.7 Å². The quantitative estimate of drug-likeness (QED) is 0.449. The number of amides is 1. The maximum Gasteiger partial charge on any atom is 0.234 e. The zero-order valence-corrected chi connectivity index (χ0v) is 17.0. The van der Waals surface area contributed by atoms with E-state index in [0.29, 0.717) is 6.54 Å². The Balaban J connectivity index is 1.47. The van der Waals surface area contributed by atoms with Crippen LogP contribution < -0.4 is 10.1 Å². The number of aromatic nitrogens is 4. The Kier molecular flexibility index (Phi) is 5.53. The van der Waals surface area contributed by atoms with Crippen LogP contribution in [0.25, 0.3) is 22.3 Å². The number of carbonyl (C=O) groups is 1. The highest BCUT2D eigenvalue weighted by Crippen LogP contribution is 2.30. The van der Waals surface area contributed by atoms with Crippen molar-refractivity contribution < 1.29 is 9.53 Å². The van der Waals surface area contributed by atoms with Crippen LogP contribution in [0.5, 0.6) is 5.75 Å². The Morgan fingerprint density at radius 1 is 1.17 bits per heavy atom. The van der Waals surface area contributed by atoms with E-state index in [4.69, 9.17) is 4.74 Å². The minimum Gasteiger partial charge on any atom is -0.497 e. The maximum absolute atomic E-state index is 12.3. The first-order valence-electron chi connectivity index (χ1n) is 9.26. The van der Waals surface area contributed by atoms with Crippen molar-refractivity contribution in [2.24, 2.45) is 0 Å². The van der Waals surface area contributed by atoms with E-state index >= 15 is 0 Å². The number of methoxy groups -OCH3 is 1. The predicted octanol–water partition coefficient (Wildman–Crippen LogP) is 4.19. The molecule has 1 amide bonds. The molecule has 0 unspecified atom stereocenters. The number of anilines is 1. The molecule has 4 aromatic rings. The van der Waals surface area contributed by atoms with Crippen LogP contribution in [0, 0.1) is 0 Å². The summed E-state index contributed by atoms with van der Waals surface area (Å²) in [7, 11) is 1.61. The summed E-state index contributed by atoms with van der Waals surface area (Å²) in [5, 5.41) is 13.4. The predicted molar refractivity (Wildman–Crippen MR) is 115 cm³/mol. The fraction of sp³-hybridized carbons (Fsp3) is 0.190. The van der Waals surface area contributed by atoms with E-state index in [1.165, 1.54) is 11.8 Å². The van der Waals surface area contributed by atoms with Crippen LogP contribution in [0.3, 0.4) is 0 Å². The SMILES string of the molecule is CCn1c(SCC(=O)Nc2ccc(OC)cc2)nnc1-c1c[nH]c2ccccc12. The largest absolute Gasteiger partial charge is 0.497 e. The van der Waals surface area contributed by atoms with E-state index in [0.717, 1.165) is 38.9 Å². The van der Waals surface area contributed by atoms with E-state index in [2.05, 4.69) is 26.6 Å².